The van der Waals surface area contributed by atoms with Crippen LogP contribution in [0.3, 0.4) is 0 Å². The normalized spacial score (nSPS) is 11.0. The van der Waals surface area contributed by atoms with Gasteiger partial charge in [-0.3, -0.25) is 5.10 Å². The van der Waals surface area contributed by atoms with Gasteiger partial charge in [0.1, 0.15) is 5.82 Å². The van der Waals surface area contributed by atoms with Crippen LogP contribution in [0.2, 0.25) is 0 Å². The average molecular weight is 218 g/mol. The van der Waals surface area contributed by atoms with E-state index >= 15 is 0 Å². The lowest BCUT2D eigenvalue weighted by Gasteiger charge is -2.05. The number of aromatic nitrogens is 2. The number of H-pyrrole nitrogens is 1. The quantitative estimate of drug-likeness (QED) is 0.840. The minimum atomic E-state index is -0.214. The first-order valence-electron chi connectivity index (χ1n) is 5.45. The Bertz CT molecular complexity index is 457. The largest absolute Gasteiger partial charge is 0.278 e. The molecule has 0 amide bonds. The van der Waals surface area contributed by atoms with Crippen LogP contribution in [0, 0.1) is 11.7 Å². The number of benzene rings is 1. The monoisotopic (exact) mass is 218 g/mol. The third kappa shape index (κ3) is 2.30. The summed E-state index contributed by atoms with van der Waals surface area (Å²) in [6.07, 6.45) is 2.82. The van der Waals surface area contributed by atoms with Crippen molar-refractivity contribution in [1.29, 1.82) is 0 Å². The van der Waals surface area contributed by atoms with Crippen LogP contribution >= 0.6 is 0 Å². The van der Waals surface area contributed by atoms with E-state index in [-0.39, 0.29) is 5.82 Å². The van der Waals surface area contributed by atoms with E-state index in [1.54, 1.807) is 12.1 Å². The van der Waals surface area contributed by atoms with Crippen molar-refractivity contribution >= 4 is 0 Å². The highest BCUT2D eigenvalue weighted by atomic mass is 19.1. The van der Waals surface area contributed by atoms with Gasteiger partial charge in [-0.2, -0.15) is 5.10 Å². The molecule has 0 unspecified atom stereocenters. The van der Waals surface area contributed by atoms with Crippen molar-refractivity contribution < 1.29 is 4.39 Å². The third-order valence-corrected chi connectivity index (χ3v) is 2.48. The van der Waals surface area contributed by atoms with E-state index in [1.807, 2.05) is 6.20 Å². The molecule has 1 aromatic carbocycles. The Morgan fingerprint density at radius 1 is 1.25 bits per heavy atom. The molecule has 2 nitrogen and oxygen atoms in total. The molecule has 3 heteroatoms. The average Bonchev–Trinajstić information content (AvgIpc) is 2.66. The number of hydrogen-bond donors (Lipinski definition) is 1. The Labute approximate surface area is 94.5 Å². The van der Waals surface area contributed by atoms with E-state index in [2.05, 4.69) is 24.0 Å². The molecule has 0 radical (unpaired) electrons. The predicted octanol–water partition coefficient (Wildman–Crippen LogP) is 3.41. The standard InChI is InChI=1S/C13H15FN2/c1-9(2)7-11-8-15-16-13(11)10-3-5-12(14)6-4-10/h3-6,8-9H,7H2,1-2H3,(H,15,16). The molecule has 0 aliphatic rings. The van der Waals surface area contributed by atoms with Gasteiger partial charge in [0, 0.05) is 5.56 Å². The summed E-state index contributed by atoms with van der Waals surface area (Å²) in [6, 6.07) is 6.48. The van der Waals surface area contributed by atoms with Crippen LogP contribution in [0.4, 0.5) is 4.39 Å². The van der Waals surface area contributed by atoms with Gasteiger partial charge < -0.3 is 0 Å². The van der Waals surface area contributed by atoms with E-state index in [0.717, 1.165) is 17.7 Å². The molecule has 0 bridgehead atoms. The summed E-state index contributed by atoms with van der Waals surface area (Å²) in [5, 5.41) is 7.03. The first kappa shape index (κ1) is 10.9. The summed E-state index contributed by atoms with van der Waals surface area (Å²) < 4.78 is 12.8. The second kappa shape index (κ2) is 4.47. The fourth-order valence-corrected chi connectivity index (χ4v) is 1.77. The molecule has 1 heterocycles. The van der Waals surface area contributed by atoms with Crippen molar-refractivity contribution in [2.75, 3.05) is 0 Å². The van der Waals surface area contributed by atoms with Crippen molar-refractivity contribution in [2.24, 2.45) is 5.92 Å². The van der Waals surface area contributed by atoms with Gasteiger partial charge in [-0.25, -0.2) is 4.39 Å². The fraction of sp³-hybridized carbons (Fsp3) is 0.308. The molecule has 16 heavy (non-hydrogen) atoms. The van der Waals surface area contributed by atoms with Crippen LogP contribution in [0.25, 0.3) is 11.3 Å². The van der Waals surface area contributed by atoms with Crippen LogP contribution in [0.1, 0.15) is 19.4 Å². The lowest BCUT2D eigenvalue weighted by atomic mass is 10.0. The molecule has 1 N–H and O–H groups in total. The van der Waals surface area contributed by atoms with Gasteiger partial charge in [-0.15, -0.1) is 0 Å². The van der Waals surface area contributed by atoms with Crippen molar-refractivity contribution in [3.63, 3.8) is 0 Å². The molecule has 2 aromatic rings. The summed E-state index contributed by atoms with van der Waals surface area (Å²) in [7, 11) is 0. The van der Waals surface area contributed by atoms with Crippen LogP contribution in [0.15, 0.2) is 30.5 Å². The highest BCUT2D eigenvalue weighted by Crippen LogP contribution is 2.23. The summed E-state index contributed by atoms with van der Waals surface area (Å²) >= 11 is 0. The summed E-state index contributed by atoms with van der Waals surface area (Å²) in [5.41, 5.74) is 3.16. The molecule has 0 spiro atoms. The van der Waals surface area contributed by atoms with Gasteiger partial charge in [0.15, 0.2) is 0 Å². The van der Waals surface area contributed by atoms with Crippen LogP contribution in [0.5, 0.6) is 0 Å². The molecule has 1 aromatic heterocycles. The lowest BCUT2D eigenvalue weighted by Crippen LogP contribution is -1.94. The third-order valence-electron chi connectivity index (χ3n) is 2.48. The summed E-state index contributed by atoms with van der Waals surface area (Å²) in [4.78, 5) is 0. The van der Waals surface area contributed by atoms with Gasteiger partial charge in [0.05, 0.1) is 11.9 Å². The number of nitrogens with zero attached hydrogens (tertiary/aromatic N) is 1. The molecule has 2 rings (SSSR count). The first-order valence-corrected chi connectivity index (χ1v) is 5.45. The zero-order valence-electron chi connectivity index (χ0n) is 9.50. The zero-order chi connectivity index (χ0) is 11.5. The second-order valence-corrected chi connectivity index (χ2v) is 4.38. The van der Waals surface area contributed by atoms with Gasteiger partial charge in [-0.1, -0.05) is 13.8 Å². The van der Waals surface area contributed by atoms with Crippen molar-refractivity contribution in [2.45, 2.75) is 20.3 Å². The Morgan fingerprint density at radius 2 is 1.94 bits per heavy atom. The van der Waals surface area contributed by atoms with E-state index in [1.165, 1.54) is 17.7 Å². The lowest BCUT2D eigenvalue weighted by molar-refractivity contribution is 0.628. The van der Waals surface area contributed by atoms with E-state index < -0.39 is 0 Å². The minimum Gasteiger partial charge on any atom is -0.278 e. The molecule has 84 valence electrons. The fourth-order valence-electron chi connectivity index (χ4n) is 1.77. The van der Waals surface area contributed by atoms with Crippen LogP contribution in [-0.4, -0.2) is 10.2 Å². The predicted molar refractivity (Wildman–Crippen MR) is 62.5 cm³/mol. The number of rotatable bonds is 3. The Morgan fingerprint density at radius 3 is 2.56 bits per heavy atom. The maximum atomic E-state index is 12.8. The minimum absolute atomic E-state index is 0.214. The van der Waals surface area contributed by atoms with Crippen LogP contribution in [-0.2, 0) is 6.42 Å². The highest BCUT2D eigenvalue weighted by molar-refractivity contribution is 5.62. The Balaban J connectivity index is 2.33. The highest BCUT2D eigenvalue weighted by Gasteiger charge is 2.08. The van der Waals surface area contributed by atoms with Gasteiger partial charge in [0.25, 0.3) is 0 Å². The number of hydrogen-bond acceptors (Lipinski definition) is 1. The number of nitrogens with one attached hydrogen (secondary N) is 1. The van der Waals surface area contributed by atoms with Crippen molar-refractivity contribution in [1.82, 2.24) is 10.2 Å². The Kier molecular flexibility index (Phi) is 3.04. The molecule has 0 aliphatic heterocycles. The van der Waals surface area contributed by atoms with Crippen molar-refractivity contribution in [3.05, 3.63) is 41.8 Å². The molecular formula is C13H15FN2. The number of aromatic amines is 1. The molecule has 0 atom stereocenters. The maximum absolute atomic E-state index is 12.8. The molecule has 0 saturated heterocycles. The Hall–Kier alpha value is -1.64. The van der Waals surface area contributed by atoms with Gasteiger partial charge >= 0.3 is 0 Å². The smallest absolute Gasteiger partial charge is 0.123 e. The SMILES string of the molecule is CC(C)Cc1cn[nH]c1-c1ccc(F)cc1. The summed E-state index contributed by atoms with van der Waals surface area (Å²) in [6.45, 7) is 4.34. The molecule has 0 fully saturated rings. The zero-order valence-corrected chi connectivity index (χ0v) is 9.50. The van der Waals surface area contributed by atoms with Gasteiger partial charge in [0.2, 0.25) is 0 Å². The second-order valence-electron chi connectivity index (χ2n) is 4.38. The molecular weight excluding hydrogens is 203 g/mol. The van der Waals surface area contributed by atoms with E-state index in [4.69, 9.17) is 0 Å². The number of halogens is 1. The molecule has 0 aliphatic carbocycles. The summed E-state index contributed by atoms with van der Waals surface area (Å²) in [5.74, 6) is 0.366. The molecule has 0 saturated carbocycles. The van der Waals surface area contributed by atoms with E-state index in [9.17, 15) is 4.39 Å². The topological polar surface area (TPSA) is 28.7 Å². The van der Waals surface area contributed by atoms with Crippen molar-refractivity contribution in [3.8, 4) is 11.3 Å². The maximum Gasteiger partial charge on any atom is 0.123 e. The first-order chi connectivity index (χ1) is 7.66. The van der Waals surface area contributed by atoms with E-state index in [0.29, 0.717) is 5.92 Å². The van der Waals surface area contributed by atoms with Crippen LogP contribution < -0.4 is 0 Å². The van der Waals surface area contributed by atoms with Gasteiger partial charge in [-0.05, 0) is 42.2 Å².